The summed E-state index contributed by atoms with van der Waals surface area (Å²) >= 11 is 7.65. The largest absolute Gasteiger partial charge is 0.497 e. The van der Waals surface area contributed by atoms with Gasteiger partial charge in [-0.15, -0.1) is 23.4 Å². The Hall–Kier alpha value is -2.71. The van der Waals surface area contributed by atoms with Crippen molar-refractivity contribution in [3.8, 4) is 5.75 Å². The van der Waals surface area contributed by atoms with Gasteiger partial charge >= 0.3 is 5.97 Å². The number of halogens is 1. The van der Waals surface area contributed by atoms with E-state index in [1.807, 2.05) is 42.5 Å². The molecule has 2 saturated heterocycles. The van der Waals surface area contributed by atoms with Crippen molar-refractivity contribution in [3.05, 3.63) is 65.7 Å². The molecule has 2 aliphatic rings. The highest BCUT2D eigenvalue weighted by Gasteiger charge is 2.57. The van der Waals surface area contributed by atoms with Gasteiger partial charge in [0, 0.05) is 17.6 Å². The van der Waals surface area contributed by atoms with Crippen molar-refractivity contribution in [3.63, 3.8) is 0 Å². The molecule has 0 bridgehead atoms. The second-order valence-corrected chi connectivity index (χ2v) is 9.45. The number of hydrogen-bond acceptors (Lipinski definition) is 6. The maximum atomic E-state index is 13.0. The smallest absolute Gasteiger partial charge is 0.329 e. The van der Waals surface area contributed by atoms with E-state index in [2.05, 4.69) is 5.32 Å². The number of esters is 1. The molecular weight excluding hydrogens is 464 g/mol. The third kappa shape index (κ3) is 5.12. The summed E-state index contributed by atoms with van der Waals surface area (Å²) in [6.45, 7) is 0.0887. The van der Waals surface area contributed by atoms with Gasteiger partial charge in [0.2, 0.25) is 11.8 Å². The maximum Gasteiger partial charge on any atom is 0.329 e. The molecule has 2 aliphatic heterocycles. The third-order valence-electron chi connectivity index (χ3n) is 5.81. The first-order valence-corrected chi connectivity index (χ1v) is 12.2. The first-order valence-electron chi connectivity index (χ1n) is 10.6. The Kier molecular flexibility index (Phi) is 7.45. The lowest BCUT2D eigenvalue weighted by atomic mass is 9.94. The highest BCUT2D eigenvalue weighted by molar-refractivity contribution is 8.00. The Bertz CT molecular complexity index is 1000. The maximum absolute atomic E-state index is 13.0. The topological polar surface area (TPSA) is 84.9 Å². The van der Waals surface area contributed by atoms with Crippen LogP contribution in [-0.2, 0) is 32.1 Å². The lowest BCUT2D eigenvalue weighted by molar-refractivity contribution is -0.168. The minimum atomic E-state index is -0.762. The number of ether oxygens (including phenoxy) is 2. The number of hydrogen-bond donors (Lipinski definition) is 1. The van der Waals surface area contributed by atoms with Gasteiger partial charge < -0.3 is 19.7 Å². The number of methoxy groups -OCH3 is 1. The summed E-state index contributed by atoms with van der Waals surface area (Å²) in [6, 6.07) is 15.1. The average Bonchev–Trinajstić information content (AvgIpc) is 2.85. The molecule has 0 spiro atoms. The Labute approximate surface area is 201 Å². The Morgan fingerprint density at radius 3 is 2.52 bits per heavy atom. The van der Waals surface area contributed by atoms with Crippen LogP contribution < -0.4 is 10.1 Å². The van der Waals surface area contributed by atoms with Crippen LogP contribution in [0.15, 0.2) is 54.6 Å². The van der Waals surface area contributed by atoms with Gasteiger partial charge in [-0.05, 0) is 23.3 Å². The van der Waals surface area contributed by atoms with E-state index in [1.54, 1.807) is 19.2 Å². The predicted octanol–water partition coefficient (Wildman–Crippen LogP) is 2.60. The summed E-state index contributed by atoms with van der Waals surface area (Å²) in [5.41, 5.74) is 1.69. The van der Waals surface area contributed by atoms with E-state index in [0.717, 1.165) is 11.1 Å². The molecule has 174 valence electrons. The molecule has 4 atom stereocenters. The van der Waals surface area contributed by atoms with Crippen LogP contribution in [0.25, 0.3) is 0 Å². The number of carbonyl (C=O) groups is 3. The molecule has 0 aliphatic carbocycles. The van der Waals surface area contributed by atoms with Crippen LogP contribution >= 0.6 is 23.4 Å². The molecule has 2 heterocycles. The molecule has 0 saturated carbocycles. The van der Waals surface area contributed by atoms with E-state index in [0.29, 0.717) is 11.5 Å². The fourth-order valence-electron chi connectivity index (χ4n) is 4.03. The van der Waals surface area contributed by atoms with Gasteiger partial charge in [0.05, 0.1) is 13.5 Å². The van der Waals surface area contributed by atoms with Crippen LogP contribution in [0, 0.1) is 5.92 Å². The molecule has 3 unspecified atom stereocenters. The number of fused-ring (bicyclic) bond motifs is 1. The van der Waals surface area contributed by atoms with Crippen LogP contribution in [0.1, 0.15) is 11.1 Å². The number of β-lactam (4-membered cyclic amide) rings is 1. The summed E-state index contributed by atoms with van der Waals surface area (Å²) in [5.74, 6) is 0.339. The fraction of sp³-hybridized carbons (Fsp3) is 0.375. The molecular formula is C24H25ClN2O5S. The number of rotatable bonds is 8. The van der Waals surface area contributed by atoms with Gasteiger partial charge in [0.1, 0.15) is 29.8 Å². The lowest BCUT2D eigenvalue weighted by Crippen LogP contribution is -2.76. The summed E-state index contributed by atoms with van der Waals surface area (Å²) in [5, 5.41) is 2.52. The summed E-state index contributed by atoms with van der Waals surface area (Å²) in [7, 11) is 1.58. The van der Waals surface area contributed by atoms with E-state index in [1.165, 1.54) is 16.7 Å². The molecule has 1 N–H and O–H groups in total. The zero-order valence-corrected chi connectivity index (χ0v) is 19.7. The number of carbonyl (C=O) groups excluding carboxylic acids is 3. The van der Waals surface area contributed by atoms with Gasteiger partial charge in [-0.25, -0.2) is 4.79 Å². The highest BCUT2D eigenvalue weighted by atomic mass is 35.5. The number of benzene rings is 2. The molecule has 0 radical (unpaired) electrons. The van der Waals surface area contributed by atoms with Crippen molar-refractivity contribution in [2.45, 2.75) is 30.5 Å². The second-order valence-electron chi connectivity index (χ2n) is 7.99. The molecule has 7 nitrogen and oxygen atoms in total. The third-order valence-corrected chi connectivity index (χ3v) is 7.67. The van der Waals surface area contributed by atoms with Gasteiger partial charge in [0.25, 0.3) is 0 Å². The monoisotopic (exact) mass is 488 g/mol. The minimum absolute atomic E-state index is 0.0887. The van der Waals surface area contributed by atoms with Crippen molar-refractivity contribution in [1.29, 1.82) is 0 Å². The van der Waals surface area contributed by atoms with Crippen LogP contribution in [0.5, 0.6) is 5.75 Å². The Morgan fingerprint density at radius 2 is 1.85 bits per heavy atom. The number of nitrogens with one attached hydrogen (secondary N) is 1. The van der Waals surface area contributed by atoms with E-state index in [9.17, 15) is 14.4 Å². The fourth-order valence-corrected chi connectivity index (χ4v) is 5.96. The van der Waals surface area contributed by atoms with Crippen molar-refractivity contribution in [2.24, 2.45) is 5.92 Å². The number of thioether (sulfide) groups is 1. The van der Waals surface area contributed by atoms with Crippen LogP contribution in [0.2, 0.25) is 0 Å². The zero-order valence-electron chi connectivity index (χ0n) is 18.1. The Balaban J connectivity index is 1.38. The lowest BCUT2D eigenvalue weighted by Gasteiger charge is -2.54. The quantitative estimate of drug-likeness (QED) is 0.349. The first kappa shape index (κ1) is 23.4. The van der Waals surface area contributed by atoms with Crippen molar-refractivity contribution in [1.82, 2.24) is 10.2 Å². The molecule has 33 heavy (non-hydrogen) atoms. The Morgan fingerprint density at radius 1 is 1.12 bits per heavy atom. The van der Waals surface area contributed by atoms with Crippen LogP contribution in [0.4, 0.5) is 0 Å². The summed E-state index contributed by atoms with van der Waals surface area (Å²) < 4.78 is 10.7. The molecule has 2 amide bonds. The number of alkyl halides is 1. The molecule has 0 aromatic heterocycles. The van der Waals surface area contributed by atoms with Crippen molar-refractivity contribution in [2.75, 3.05) is 18.7 Å². The first-order chi connectivity index (χ1) is 16.0. The van der Waals surface area contributed by atoms with Gasteiger partial charge in [-0.1, -0.05) is 42.5 Å². The zero-order chi connectivity index (χ0) is 23.4. The predicted molar refractivity (Wildman–Crippen MR) is 126 cm³/mol. The highest BCUT2D eigenvalue weighted by Crippen LogP contribution is 2.41. The molecule has 2 fully saturated rings. The van der Waals surface area contributed by atoms with E-state index < -0.39 is 18.1 Å². The SMILES string of the molecule is COc1ccc(COC(=O)C2C(CCl)CS[C@H]3C(NC(=O)Cc4ccccc4)C(=O)N23)cc1. The second kappa shape index (κ2) is 10.5. The molecule has 2 aromatic carbocycles. The van der Waals surface area contributed by atoms with Crippen molar-refractivity contribution >= 4 is 41.1 Å². The van der Waals surface area contributed by atoms with Crippen LogP contribution in [0.3, 0.4) is 0 Å². The van der Waals surface area contributed by atoms with E-state index in [4.69, 9.17) is 21.1 Å². The minimum Gasteiger partial charge on any atom is -0.497 e. The van der Waals surface area contributed by atoms with Gasteiger partial charge in [-0.3, -0.25) is 9.59 Å². The van der Waals surface area contributed by atoms with Gasteiger partial charge in [0.15, 0.2) is 0 Å². The van der Waals surface area contributed by atoms with Crippen molar-refractivity contribution < 1.29 is 23.9 Å². The number of nitrogens with zero attached hydrogens (tertiary/aromatic N) is 1. The van der Waals surface area contributed by atoms with Crippen LogP contribution in [-0.4, -0.2) is 58.9 Å². The van der Waals surface area contributed by atoms with E-state index >= 15 is 0 Å². The summed E-state index contributed by atoms with van der Waals surface area (Å²) in [6.07, 6.45) is 0.194. The molecule has 2 aromatic rings. The van der Waals surface area contributed by atoms with E-state index in [-0.39, 0.29) is 42.0 Å². The molecule has 4 rings (SSSR count). The average molecular weight is 489 g/mol. The number of amides is 2. The summed E-state index contributed by atoms with van der Waals surface area (Å²) in [4.78, 5) is 39.9. The van der Waals surface area contributed by atoms with Gasteiger partial charge in [-0.2, -0.15) is 0 Å². The molecule has 9 heteroatoms. The normalized spacial score (nSPS) is 23.8. The standard InChI is InChI=1S/C24H25ClN2O5S/c1-31-18-9-7-16(8-10-18)13-32-24(30)21-17(12-25)14-33-23-20(22(29)27(21)23)26-19(28)11-15-5-3-2-4-6-15/h2-10,17,20-21,23H,11-14H2,1H3,(H,26,28)/t17?,20?,21?,23-/m0/s1.